The Morgan fingerprint density at radius 1 is 1.21 bits per heavy atom. The summed E-state index contributed by atoms with van der Waals surface area (Å²) in [6, 6.07) is 3.81. The molecule has 1 saturated heterocycles. The fourth-order valence-corrected chi connectivity index (χ4v) is 5.15. The molecule has 2 aromatic heterocycles. The van der Waals surface area contributed by atoms with E-state index in [9.17, 15) is 9.59 Å². The van der Waals surface area contributed by atoms with Gasteiger partial charge in [-0.3, -0.25) is 9.89 Å². The van der Waals surface area contributed by atoms with Crippen molar-refractivity contribution in [3.8, 4) is 0 Å². The van der Waals surface area contributed by atoms with Crippen LogP contribution in [0.1, 0.15) is 75.5 Å². The van der Waals surface area contributed by atoms with Crippen LogP contribution in [0.3, 0.4) is 0 Å². The molecular formula is C27H38ClN7O3. The van der Waals surface area contributed by atoms with Crippen LogP contribution in [0.2, 0.25) is 5.02 Å². The fourth-order valence-electron chi connectivity index (χ4n) is 4.70. The number of aromatic nitrogens is 4. The summed E-state index contributed by atoms with van der Waals surface area (Å²) in [7, 11) is 1.83. The number of amides is 2. The van der Waals surface area contributed by atoms with Crippen LogP contribution in [0.15, 0.2) is 12.1 Å². The number of likely N-dealkylation sites (tertiary alicyclic amines) is 1. The van der Waals surface area contributed by atoms with Crippen molar-refractivity contribution in [1.29, 1.82) is 0 Å². The second kappa shape index (κ2) is 10.1. The normalized spacial score (nSPS) is 16.2. The number of aromatic amines is 1. The number of fused-ring (bicyclic) bond motifs is 1. The van der Waals surface area contributed by atoms with Gasteiger partial charge in [-0.2, -0.15) is 5.10 Å². The molecule has 206 valence electrons. The Bertz CT molecular complexity index is 1360. The number of carbonyl (C=O) groups excluding carboxylic acids is 2. The Kier molecular flexibility index (Phi) is 7.40. The van der Waals surface area contributed by atoms with Gasteiger partial charge >= 0.3 is 6.09 Å². The third kappa shape index (κ3) is 5.90. The molecule has 1 atom stereocenters. The van der Waals surface area contributed by atoms with E-state index in [4.69, 9.17) is 16.3 Å². The second-order valence-corrected chi connectivity index (χ2v) is 12.4. The molecule has 10 nitrogen and oxygen atoms in total. The SMILES string of the molecule is Cc1nc(CNc2n[nH]c3cc(Cl)c(C(C)(C)C)cc23)n(C)c1C(=O)NC1CCN(C(=O)OC(C)(C)C)C1. The van der Waals surface area contributed by atoms with Crippen molar-refractivity contribution in [3.05, 3.63) is 39.9 Å². The standard InChI is InChI=1S/C27H38ClN7O3/c1-15-22(24(36)31-16-9-10-35(14-16)25(37)38-27(5,6)7)34(8)21(30-15)13-29-23-17-11-18(26(2,3)4)19(28)12-20(17)32-33-23/h11-12,16H,9-10,13-14H2,1-8H3,(H,31,36)(H2,29,32,33). The van der Waals surface area contributed by atoms with Crippen LogP contribution in [0.5, 0.6) is 0 Å². The number of ether oxygens (including phenoxy) is 1. The topological polar surface area (TPSA) is 117 Å². The van der Waals surface area contributed by atoms with Gasteiger partial charge in [0.15, 0.2) is 5.82 Å². The van der Waals surface area contributed by atoms with Crippen molar-refractivity contribution < 1.29 is 14.3 Å². The Labute approximate surface area is 228 Å². The first-order chi connectivity index (χ1) is 17.6. The van der Waals surface area contributed by atoms with Crippen LogP contribution in [0.4, 0.5) is 10.6 Å². The van der Waals surface area contributed by atoms with Crippen LogP contribution in [-0.4, -0.2) is 61.4 Å². The van der Waals surface area contributed by atoms with E-state index in [1.807, 2.05) is 40.8 Å². The number of imidazole rings is 1. The van der Waals surface area contributed by atoms with Crippen LogP contribution in [-0.2, 0) is 23.7 Å². The summed E-state index contributed by atoms with van der Waals surface area (Å²) in [5.74, 6) is 1.19. The summed E-state index contributed by atoms with van der Waals surface area (Å²) in [5.41, 5.74) is 2.35. The van der Waals surface area contributed by atoms with Crippen molar-refractivity contribution in [2.75, 3.05) is 18.4 Å². The van der Waals surface area contributed by atoms with Crippen LogP contribution >= 0.6 is 11.6 Å². The molecule has 1 aliphatic rings. The smallest absolute Gasteiger partial charge is 0.410 e. The number of carbonyl (C=O) groups is 2. The summed E-state index contributed by atoms with van der Waals surface area (Å²) in [5, 5.41) is 15.5. The first-order valence-corrected chi connectivity index (χ1v) is 13.2. The predicted octanol–water partition coefficient (Wildman–Crippen LogP) is 4.91. The van der Waals surface area contributed by atoms with E-state index in [-0.39, 0.29) is 23.5 Å². The number of aryl methyl sites for hydroxylation is 1. The molecule has 0 spiro atoms. The first kappa shape index (κ1) is 27.8. The van der Waals surface area contributed by atoms with Gasteiger partial charge < -0.3 is 24.8 Å². The van der Waals surface area contributed by atoms with Gasteiger partial charge in [0, 0.05) is 36.6 Å². The zero-order valence-electron chi connectivity index (χ0n) is 23.5. The maximum atomic E-state index is 13.2. The van der Waals surface area contributed by atoms with Crippen molar-refractivity contribution in [2.45, 2.75) is 78.5 Å². The number of halogens is 1. The molecule has 2 amide bonds. The molecule has 1 aromatic carbocycles. The summed E-state index contributed by atoms with van der Waals surface area (Å²) in [6.45, 7) is 15.0. The van der Waals surface area contributed by atoms with E-state index < -0.39 is 5.60 Å². The van der Waals surface area contributed by atoms with Crippen molar-refractivity contribution in [2.24, 2.45) is 7.05 Å². The average molecular weight is 544 g/mol. The minimum absolute atomic E-state index is 0.109. The van der Waals surface area contributed by atoms with Crippen LogP contribution in [0, 0.1) is 6.92 Å². The van der Waals surface area contributed by atoms with Gasteiger partial charge in [0.05, 0.1) is 17.8 Å². The predicted molar refractivity (Wildman–Crippen MR) is 149 cm³/mol. The molecule has 1 aliphatic heterocycles. The number of nitrogens with one attached hydrogen (secondary N) is 3. The summed E-state index contributed by atoms with van der Waals surface area (Å²) in [6.07, 6.45) is 0.311. The third-order valence-corrected chi connectivity index (χ3v) is 6.94. The molecule has 38 heavy (non-hydrogen) atoms. The maximum absolute atomic E-state index is 13.2. The highest BCUT2D eigenvalue weighted by atomic mass is 35.5. The summed E-state index contributed by atoms with van der Waals surface area (Å²) < 4.78 is 7.25. The van der Waals surface area contributed by atoms with E-state index >= 15 is 0 Å². The lowest BCUT2D eigenvalue weighted by molar-refractivity contribution is 0.0290. The third-order valence-electron chi connectivity index (χ3n) is 6.62. The molecular weight excluding hydrogens is 506 g/mol. The Morgan fingerprint density at radius 3 is 2.58 bits per heavy atom. The van der Waals surface area contributed by atoms with Gasteiger partial charge in [0.2, 0.25) is 0 Å². The second-order valence-electron chi connectivity index (χ2n) is 12.0. The summed E-state index contributed by atoms with van der Waals surface area (Å²) in [4.78, 5) is 31.8. The highest BCUT2D eigenvalue weighted by molar-refractivity contribution is 6.32. The van der Waals surface area contributed by atoms with Crippen molar-refractivity contribution >= 4 is 40.3 Å². The quantitative estimate of drug-likeness (QED) is 0.421. The van der Waals surface area contributed by atoms with Gasteiger partial charge in [-0.25, -0.2) is 9.78 Å². The van der Waals surface area contributed by atoms with Crippen molar-refractivity contribution in [3.63, 3.8) is 0 Å². The number of nitrogens with zero attached hydrogens (tertiary/aromatic N) is 4. The first-order valence-electron chi connectivity index (χ1n) is 12.9. The minimum atomic E-state index is -0.557. The van der Waals surface area contributed by atoms with Gasteiger partial charge in [0.25, 0.3) is 5.91 Å². The Hall–Kier alpha value is -3.27. The number of anilines is 1. The number of rotatable bonds is 5. The minimum Gasteiger partial charge on any atom is -0.444 e. The molecule has 0 aliphatic carbocycles. The molecule has 4 rings (SSSR count). The molecule has 3 aromatic rings. The average Bonchev–Trinajstić information content (AvgIpc) is 3.47. The van der Waals surface area contributed by atoms with E-state index in [0.29, 0.717) is 54.1 Å². The van der Waals surface area contributed by atoms with E-state index in [1.54, 1.807) is 9.47 Å². The molecule has 1 fully saturated rings. The van der Waals surface area contributed by atoms with Gasteiger partial charge in [-0.15, -0.1) is 0 Å². The summed E-state index contributed by atoms with van der Waals surface area (Å²) >= 11 is 6.51. The van der Waals surface area contributed by atoms with Crippen molar-refractivity contribution in [1.82, 2.24) is 30.0 Å². The lowest BCUT2D eigenvalue weighted by atomic mass is 9.86. The fraction of sp³-hybridized carbons (Fsp3) is 0.556. The maximum Gasteiger partial charge on any atom is 0.410 e. The molecule has 1 unspecified atom stereocenters. The number of benzene rings is 1. The monoisotopic (exact) mass is 543 g/mol. The molecule has 0 radical (unpaired) electrons. The Morgan fingerprint density at radius 2 is 1.92 bits per heavy atom. The number of hydrogen-bond donors (Lipinski definition) is 3. The van der Waals surface area contributed by atoms with E-state index in [1.165, 1.54) is 0 Å². The Balaban J connectivity index is 1.43. The number of hydrogen-bond acceptors (Lipinski definition) is 6. The number of H-pyrrole nitrogens is 1. The zero-order valence-corrected chi connectivity index (χ0v) is 24.2. The van der Waals surface area contributed by atoms with Crippen LogP contribution < -0.4 is 10.6 Å². The lowest BCUT2D eigenvalue weighted by Gasteiger charge is -2.24. The lowest BCUT2D eigenvalue weighted by Crippen LogP contribution is -2.40. The highest BCUT2D eigenvalue weighted by Gasteiger charge is 2.31. The molecule has 0 saturated carbocycles. The van der Waals surface area contributed by atoms with Gasteiger partial charge in [-0.05, 0) is 57.2 Å². The van der Waals surface area contributed by atoms with E-state index in [0.717, 1.165) is 16.5 Å². The molecule has 11 heteroatoms. The molecule has 0 bridgehead atoms. The largest absolute Gasteiger partial charge is 0.444 e. The highest BCUT2D eigenvalue weighted by Crippen LogP contribution is 2.34. The molecule has 3 heterocycles. The zero-order chi connectivity index (χ0) is 28.0. The van der Waals surface area contributed by atoms with Gasteiger partial charge in [0.1, 0.15) is 17.1 Å². The van der Waals surface area contributed by atoms with Gasteiger partial charge in [-0.1, -0.05) is 32.4 Å². The molecule has 3 N–H and O–H groups in total. The van der Waals surface area contributed by atoms with E-state index in [2.05, 4.69) is 52.7 Å². The van der Waals surface area contributed by atoms with Crippen LogP contribution in [0.25, 0.3) is 10.9 Å².